The first-order valence-corrected chi connectivity index (χ1v) is 9.37. The maximum absolute atomic E-state index is 11.9. The molecule has 0 unspecified atom stereocenters. The Kier molecular flexibility index (Phi) is 6.33. The summed E-state index contributed by atoms with van der Waals surface area (Å²) >= 11 is 9.18. The van der Waals surface area contributed by atoms with E-state index in [0.29, 0.717) is 15.2 Å². The lowest BCUT2D eigenvalue weighted by Gasteiger charge is -2.07. The molecule has 7 nitrogen and oxygen atoms in total. The summed E-state index contributed by atoms with van der Waals surface area (Å²) in [6, 6.07) is 12.5. The summed E-state index contributed by atoms with van der Waals surface area (Å²) in [6.45, 7) is -0.147. The number of nitrogens with two attached hydrogens (primary N) is 1. The van der Waals surface area contributed by atoms with Gasteiger partial charge in [0, 0.05) is 27.7 Å². The topological polar surface area (TPSA) is 98.7 Å². The van der Waals surface area contributed by atoms with Crippen molar-refractivity contribution in [1.82, 2.24) is 9.99 Å². The van der Waals surface area contributed by atoms with E-state index in [2.05, 4.69) is 26.5 Å². The molecule has 3 rings (SSSR count). The van der Waals surface area contributed by atoms with Gasteiger partial charge in [-0.25, -0.2) is 5.43 Å². The van der Waals surface area contributed by atoms with Gasteiger partial charge in [-0.1, -0.05) is 29.8 Å². The van der Waals surface area contributed by atoms with Gasteiger partial charge in [-0.2, -0.15) is 5.10 Å². The van der Waals surface area contributed by atoms with Gasteiger partial charge in [-0.05, 0) is 40.2 Å². The fourth-order valence-corrected chi connectivity index (χ4v) is 3.42. The van der Waals surface area contributed by atoms with Gasteiger partial charge in [0.05, 0.1) is 10.7 Å². The van der Waals surface area contributed by atoms with Crippen LogP contribution in [0.5, 0.6) is 5.75 Å². The molecule has 0 spiro atoms. The van der Waals surface area contributed by atoms with Crippen molar-refractivity contribution in [2.75, 3.05) is 6.61 Å². The van der Waals surface area contributed by atoms with Gasteiger partial charge >= 0.3 is 0 Å². The Morgan fingerprint density at radius 3 is 2.82 bits per heavy atom. The summed E-state index contributed by atoms with van der Waals surface area (Å²) < 4.78 is 7.82. The third-order valence-electron chi connectivity index (χ3n) is 3.79. The second-order valence-corrected chi connectivity index (χ2v) is 7.14. The molecule has 0 aliphatic carbocycles. The van der Waals surface area contributed by atoms with E-state index in [0.717, 1.165) is 16.5 Å². The van der Waals surface area contributed by atoms with Crippen LogP contribution in [-0.2, 0) is 16.1 Å². The summed E-state index contributed by atoms with van der Waals surface area (Å²) in [6.07, 6.45) is 3.27. The number of rotatable bonds is 7. The molecule has 0 bridgehead atoms. The number of ether oxygens (including phenoxy) is 1. The van der Waals surface area contributed by atoms with E-state index in [1.807, 2.05) is 24.3 Å². The Balaban J connectivity index is 1.64. The molecule has 28 heavy (non-hydrogen) atoms. The van der Waals surface area contributed by atoms with Crippen molar-refractivity contribution in [3.63, 3.8) is 0 Å². The molecule has 0 atom stereocenters. The number of carbonyl (C=O) groups excluding carboxylic acids is 2. The van der Waals surface area contributed by atoms with Crippen LogP contribution in [0.1, 0.15) is 5.56 Å². The van der Waals surface area contributed by atoms with E-state index in [9.17, 15) is 9.59 Å². The molecule has 9 heteroatoms. The number of hydrazone groups is 1. The maximum atomic E-state index is 11.9. The van der Waals surface area contributed by atoms with Crippen molar-refractivity contribution in [3.8, 4) is 5.75 Å². The number of carbonyl (C=O) groups is 2. The number of halogens is 2. The Morgan fingerprint density at radius 2 is 2.07 bits per heavy atom. The largest absolute Gasteiger partial charge is 0.483 e. The lowest BCUT2D eigenvalue weighted by atomic mass is 10.2. The molecule has 1 aromatic heterocycles. The highest BCUT2D eigenvalue weighted by Crippen LogP contribution is 2.27. The van der Waals surface area contributed by atoms with Crippen molar-refractivity contribution in [3.05, 3.63) is 63.7 Å². The third kappa shape index (κ3) is 4.90. The molecule has 3 N–H and O–H groups in total. The molecule has 1 heterocycles. The number of hydrogen-bond donors (Lipinski definition) is 2. The number of para-hydroxylation sites is 1. The third-order valence-corrected chi connectivity index (χ3v) is 4.65. The highest BCUT2D eigenvalue weighted by Gasteiger charge is 2.09. The van der Waals surface area contributed by atoms with Crippen LogP contribution in [0.3, 0.4) is 0 Å². The van der Waals surface area contributed by atoms with Crippen LogP contribution in [0.25, 0.3) is 10.9 Å². The number of primary amides is 1. The zero-order chi connectivity index (χ0) is 20.1. The minimum Gasteiger partial charge on any atom is -0.483 e. The quantitative estimate of drug-likeness (QED) is 0.416. The standard InChI is InChI=1S/C19H16BrClN4O3/c20-15-7-13(21)5-6-17(15)28-11-19(27)24-23-8-12-9-25(10-18(22)26)16-4-2-1-3-14(12)16/h1-9H,10-11H2,(H2,22,26)(H,24,27). The predicted molar refractivity (Wildman–Crippen MR) is 112 cm³/mol. The molecular formula is C19H16BrClN4O3. The molecule has 3 aromatic rings. The van der Waals surface area contributed by atoms with E-state index in [-0.39, 0.29) is 13.2 Å². The van der Waals surface area contributed by atoms with Gasteiger partial charge in [0.2, 0.25) is 5.91 Å². The summed E-state index contributed by atoms with van der Waals surface area (Å²) in [5.74, 6) is -0.361. The number of benzene rings is 2. The molecule has 0 fully saturated rings. The highest BCUT2D eigenvalue weighted by atomic mass is 79.9. The van der Waals surface area contributed by atoms with Crippen molar-refractivity contribution in [1.29, 1.82) is 0 Å². The van der Waals surface area contributed by atoms with Gasteiger partial charge in [-0.15, -0.1) is 0 Å². The first-order valence-electron chi connectivity index (χ1n) is 8.20. The maximum Gasteiger partial charge on any atom is 0.277 e. The van der Waals surface area contributed by atoms with E-state index < -0.39 is 11.8 Å². The molecule has 144 valence electrons. The first kappa shape index (κ1) is 19.9. The number of hydrogen-bond acceptors (Lipinski definition) is 4. The fraction of sp³-hybridized carbons (Fsp3) is 0.105. The second kappa shape index (κ2) is 8.90. The summed E-state index contributed by atoms with van der Waals surface area (Å²) in [5, 5.41) is 5.42. The predicted octanol–water partition coefficient (Wildman–Crippen LogP) is 3.07. The zero-order valence-corrected chi connectivity index (χ0v) is 16.9. The zero-order valence-electron chi connectivity index (χ0n) is 14.6. The molecule has 0 aliphatic rings. The number of nitrogens with one attached hydrogen (secondary N) is 1. The second-order valence-electron chi connectivity index (χ2n) is 5.85. The average molecular weight is 464 g/mol. The van der Waals surface area contributed by atoms with Crippen molar-refractivity contribution >= 4 is 56.5 Å². The van der Waals surface area contributed by atoms with Gasteiger partial charge in [0.25, 0.3) is 5.91 Å². The normalized spacial score (nSPS) is 11.1. The number of nitrogens with zero attached hydrogens (tertiary/aromatic N) is 2. The average Bonchev–Trinajstić information content (AvgIpc) is 2.98. The Hall–Kier alpha value is -2.84. The molecule has 0 saturated carbocycles. The molecule has 0 aliphatic heterocycles. The number of amides is 2. The van der Waals surface area contributed by atoms with Crippen molar-refractivity contribution in [2.45, 2.75) is 6.54 Å². The van der Waals surface area contributed by atoms with Gasteiger partial charge in [0.15, 0.2) is 6.61 Å². The monoisotopic (exact) mass is 462 g/mol. The SMILES string of the molecule is NC(=O)Cn1cc(C=NNC(=O)COc2ccc(Cl)cc2Br)c2ccccc21. The van der Waals surface area contributed by atoms with Crippen LogP contribution in [-0.4, -0.2) is 29.2 Å². The van der Waals surface area contributed by atoms with Crippen molar-refractivity contribution < 1.29 is 14.3 Å². The van der Waals surface area contributed by atoms with Crippen LogP contribution in [0.2, 0.25) is 5.02 Å². The summed E-state index contributed by atoms with van der Waals surface area (Å²) in [4.78, 5) is 23.2. The highest BCUT2D eigenvalue weighted by molar-refractivity contribution is 9.10. The number of aromatic nitrogens is 1. The van der Waals surface area contributed by atoms with Crippen molar-refractivity contribution in [2.24, 2.45) is 10.8 Å². The van der Waals surface area contributed by atoms with E-state index in [4.69, 9.17) is 22.1 Å². The molecule has 2 amide bonds. The minimum absolute atomic E-state index is 0.0600. The van der Waals surface area contributed by atoms with Crippen LogP contribution in [0.4, 0.5) is 0 Å². The summed E-state index contributed by atoms with van der Waals surface area (Å²) in [5.41, 5.74) is 9.30. The lowest BCUT2D eigenvalue weighted by molar-refractivity contribution is -0.123. The summed E-state index contributed by atoms with van der Waals surface area (Å²) in [7, 11) is 0. The molecule has 0 saturated heterocycles. The van der Waals surface area contributed by atoms with Gasteiger partial charge in [0.1, 0.15) is 12.3 Å². The Bertz CT molecular complexity index is 1060. The Morgan fingerprint density at radius 1 is 1.29 bits per heavy atom. The van der Waals surface area contributed by atoms with Crippen LogP contribution in [0.15, 0.2) is 58.2 Å². The molecular weight excluding hydrogens is 448 g/mol. The first-order chi connectivity index (χ1) is 13.4. The van der Waals surface area contributed by atoms with Crippen LogP contribution >= 0.6 is 27.5 Å². The smallest absolute Gasteiger partial charge is 0.277 e. The van der Waals surface area contributed by atoms with E-state index in [1.165, 1.54) is 6.21 Å². The lowest BCUT2D eigenvalue weighted by Crippen LogP contribution is -2.24. The fourth-order valence-electron chi connectivity index (χ4n) is 2.62. The van der Waals surface area contributed by atoms with Crippen LogP contribution in [0, 0.1) is 0 Å². The number of fused-ring (bicyclic) bond motifs is 1. The van der Waals surface area contributed by atoms with E-state index in [1.54, 1.807) is 29.0 Å². The molecule has 0 radical (unpaired) electrons. The van der Waals surface area contributed by atoms with Gasteiger partial charge in [-0.3, -0.25) is 9.59 Å². The molecule has 2 aromatic carbocycles. The van der Waals surface area contributed by atoms with E-state index >= 15 is 0 Å². The Labute approximate surface area is 174 Å². The van der Waals surface area contributed by atoms with Gasteiger partial charge < -0.3 is 15.0 Å². The minimum atomic E-state index is -0.442. The van der Waals surface area contributed by atoms with Crippen LogP contribution < -0.4 is 15.9 Å².